The summed E-state index contributed by atoms with van der Waals surface area (Å²) < 4.78 is 9.59. The fraction of sp³-hybridized carbons (Fsp3) is 0. The Morgan fingerprint density at radius 2 is 1.69 bits per heavy atom. The summed E-state index contributed by atoms with van der Waals surface area (Å²) in [6.07, 6.45) is 0. The van der Waals surface area contributed by atoms with E-state index in [1.54, 1.807) is 6.07 Å². The van der Waals surface area contributed by atoms with Gasteiger partial charge in [0.25, 0.3) is 5.91 Å². The number of oxazole rings is 1. The topological polar surface area (TPSA) is 55.1 Å². The molecule has 0 saturated carbocycles. The lowest BCUT2D eigenvalue weighted by Crippen LogP contribution is -2.13. The number of fused-ring (bicyclic) bond motifs is 2. The first-order valence-corrected chi connectivity index (χ1v) is 12.9. The molecule has 0 unspecified atom stereocenters. The number of carbonyl (C=O) groups is 1. The zero-order chi connectivity index (χ0) is 22.4. The second kappa shape index (κ2) is 8.89. The molecule has 1 aromatic heterocycles. The molecular formula is C24H12Br3IN2O2. The van der Waals surface area contributed by atoms with Crippen LogP contribution in [-0.4, -0.2) is 10.9 Å². The van der Waals surface area contributed by atoms with Crippen LogP contribution < -0.4 is 5.32 Å². The van der Waals surface area contributed by atoms with Gasteiger partial charge in [-0.2, -0.15) is 0 Å². The largest absolute Gasteiger partial charge is 0.436 e. The number of aromatic nitrogens is 1. The molecule has 4 aromatic carbocycles. The Labute approximate surface area is 222 Å². The van der Waals surface area contributed by atoms with Crippen molar-refractivity contribution < 1.29 is 9.21 Å². The van der Waals surface area contributed by atoms with Gasteiger partial charge >= 0.3 is 0 Å². The first-order chi connectivity index (χ1) is 15.4. The third-order valence-corrected chi connectivity index (χ3v) is 8.66. The molecule has 0 saturated heterocycles. The minimum absolute atomic E-state index is 0.196. The number of carbonyl (C=O) groups excluding carboxylic acids is 1. The predicted molar refractivity (Wildman–Crippen MR) is 147 cm³/mol. The van der Waals surface area contributed by atoms with Crippen LogP contribution >= 0.6 is 70.4 Å². The molecule has 1 N–H and O–H groups in total. The third-order valence-electron chi connectivity index (χ3n) is 4.98. The number of nitrogens with zero attached hydrogens (tertiary/aromatic N) is 1. The minimum atomic E-state index is -0.196. The van der Waals surface area contributed by atoms with E-state index in [0.29, 0.717) is 28.2 Å². The SMILES string of the molecule is O=C(Nc1ccc2oc(-c3cccc4c(Br)cccc34)nc2c1)c1cc(Br)cc(Br)c1I. The second-order valence-electron chi connectivity index (χ2n) is 7.05. The summed E-state index contributed by atoms with van der Waals surface area (Å²) in [7, 11) is 0. The van der Waals surface area contributed by atoms with Crippen LogP contribution in [0.3, 0.4) is 0 Å². The lowest BCUT2D eigenvalue weighted by Gasteiger charge is -2.09. The van der Waals surface area contributed by atoms with E-state index in [2.05, 4.69) is 81.8 Å². The average molecular weight is 727 g/mol. The molecule has 1 heterocycles. The van der Waals surface area contributed by atoms with Crippen LogP contribution in [0.25, 0.3) is 33.3 Å². The fourth-order valence-corrected chi connectivity index (χ4v) is 5.78. The van der Waals surface area contributed by atoms with Crippen LogP contribution in [0.15, 0.2) is 84.6 Å². The fourth-order valence-electron chi connectivity index (χ4n) is 3.50. The van der Waals surface area contributed by atoms with Crippen molar-refractivity contribution >= 4 is 104 Å². The molecule has 4 nitrogen and oxygen atoms in total. The quantitative estimate of drug-likeness (QED) is 0.150. The highest BCUT2D eigenvalue weighted by Gasteiger charge is 2.16. The Balaban J connectivity index is 1.51. The van der Waals surface area contributed by atoms with Crippen molar-refractivity contribution in [3.05, 3.63) is 89.3 Å². The van der Waals surface area contributed by atoms with Crippen LogP contribution in [0.5, 0.6) is 0 Å². The molecule has 5 rings (SSSR count). The third kappa shape index (κ3) is 4.13. The van der Waals surface area contributed by atoms with Crippen LogP contribution in [-0.2, 0) is 0 Å². The van der Waals surface area contributed by atoms with Gasteiger partial charge in [0.05, 0.1) is 5.56 Å². The molecule has 8 heteroatoms. The molecule has 0 bridgehead atoms. The van der Waals surface area contributed by atoms with Gasteiger partial charge < -0.3 is 9.73 Å². The molecule has 0 aliphatic rings. The summed E-state index contributed by atoms with van der Waals surface area (Å²) in [6.45, 7) is 0. The summed E-state index contributed by atoms with van der Waals surface area (Å²) in [5.74, 6) is 0.344. The van der Waals surface area contributed by atoms with Crippen molar-refractivity contribution in [2.45, 2.75) is 0 Å². The number of anilines is 1. The highest BCUT2D eigenvalue weighted by atomic mass is 127. The van der Waals surface area contributed by atoms with Gasteiger partial charge in [0, 0.05) is 28.2 Å². The summed E-state index contributed by atoms with van der Waals surface area (Å²) >= 11 is 12.7. The summed E-state index contributed by atoms with van der Waals surface area (Å²) in [5.41, 5.74) is 3.47. The maximum Gasteiger partial charge on any atom is 0.256 e. The standard InChI is InChI=1S/C24H12Br3IN2O2/c25-12-9-17(22(28)19(27)10-12)23(31)29-13-7-8-21-20(11-13)30-24(32-21)16-5-1-4-15-14(16)3-2-6-18(15)26/h1-11H,(H,29,31). The van der Waals surface area contributed by atoms with Gasteiger partial charge in [0.2, 0.25) is 5.89 Å². The van der Waals surface area contributed by atoms with Crippen LogP contribution in [0, 0.1) is 3.57 Å². The lowest BCUT2D eigenvalue weighted by molar-refractivity contribution is 0.102. The van der Waals surface area contributed by atoms with Crippen molar-refractivity contribution in [3.63, 3.8) is 0 Å². The molecule has 0 fully saturated rings. The van der Waals surface area contributed by atoms with Gasteiger partial charge in [0.1, 0.15) is 5.52 Å². The lowest BCUT2D eigenvalue weighted by atomic mass is 10.0. The number of halogens is 4. The van der Waals surface area contributed by atoms with E-state index >= 15 is 0 Å². The van der Waals surface area contributed by atoms with Gasteiger partial charge in [-0.25, -0.2) is 4.98 Å². The summed E-state index contributed by atoms with van der Waals surface area (Å²) in [4.78, 5) is 17.6. The summed E-state index contributed by atoms with van der Waals surface area (Å²) in [6, 6.07) is 21.3. The van der Waals surface area contributed by atoms with Crippen LogP contribution in [0.4, 0.5) is 5.69 Å². The molecule has 0 radical (unpaired) electrons. The maximum absolute atomic E-state index is 12.9. The van der Waals surface area contributed by atoms with Crippen LogP contribution in [0.1, 0.15) is 10.4 Å². The van der Waals surface area contributed by atoms with E-state index in [1.807, 2.05) is 54.6 Å². The number of nitrogens with one attached hydrogen (secondary N) is 1. The van der Waals surface area contributed by atoms with Gasteiger partial charge in [-0.1, -0.05) is 56.1 Å². The Morgan fingerprint density at radius 1 is 0.906 bits per heavy atom. The van der Waals surface area contributed by atoms with Gasteiger partial charge in [-0.3, -0.25) is 4.79 Å². The van der Waals surface area contributed by atoms with Crippen molar-refractivity contribution in [3.8, 4) is 11.5 Å². The average Bonchev–Trinajstić information content (AvgIpc) is 3.19. The normalized spacial score (nSPS) is 11.2. The minimum Gasteiger partial charge on any atom is -0.436 e. The molecule has 5 aromatic rings. The van der Waals surface area contributed by atoms with Crippen molar-refractivity contribution in [2.75, 3.05) is 5.32 Å². The Hall–Kier alpha value is -1.75. The Bertz CT molecular complexity index is 1530. The zero-order valence-corrected chi connectivity index (χ0v) is 23.0. The number of benzene rings is 4. The zero-order valence-electron chi connectivity index (χ0n) is 16.1. The van der Waals surface area contributed by atoms with E-state index in [0.717, 1.165) is 33.3 Å². The van der Waals surface area contributed by atoms with Crippen molar-refractivity contribution in [2.24, 2.45) is 0 Å². The first-order valence-electron chi connectivity index (χ1n) is 9.45. The molecule has 0 atom stereocenters. The molecule has 158 valence electrons. The highest BCUT2D eigenvalue weighted by molar-refractivity contribution is 14.1. The number of rotatable bonds is 3. The highest BCUT2D eigenvalue weighted by Crippen LogP contribution is 2.34. The van der Waals surface area contributed by atoms with E-state index in [4.69, 9.17) is 9.40 Å². The predicted octanol–water partition coefficient (Wildman–Crippen LogP) is 8.79. The van der Waals surface area contributed by atoms with Crippen molar-refractivity contribution in [1.82, 2.24) is 4.98 Å². The molecule has 0 spiro atoms. The Kier molecular flexibility index (Phi) is 6.13. The smallest absolute Gasteiger partial charge is 0.256 e. The number of amides is 1. The molecule has 0 aliphatic heterocycles. The van der Waals surface area contributed by atoms with Crippen LogP contribution in [0.2, 0.25) is 0 Å². The maximum atomic E-state index is 12.9. The molecule has 32 heavy (non-hydrogen) atoms. The molecule has 0 aliphatic carbocycles. The number of hydrogen-bond donors (Lipinski definition) is 1. The molecular weight excluding hydrogens is 715 g/mol. The number of hydrogen-bond acceptors (Lipinski definition) is 3. The van der Waals surface area contributed by atoms with Gasteiger partial charge in [-0.05, 0) is 91.8 Å². The van der Waals surface area contributed by atoms with Crippen molar-refractivity contribution in [1.29, 1.82) is 0 Å². The summed E-state index contributed by atoms with van der Waals surface area (Å²) in [5, 5.41) is 5.10. The first kappa shape index (κ1) is 22.1. The van der Waals surface area contributed by atoms with E-state index in [1.165, 1.54) is 0 Å². The Morgan fingerprint density at radius 3 is 2.53 bits per heavy atom. The van der Waals surface area contributed by atoms with E-state index < -0.39 is 0 Å². The van der Waals surface area contributed by atoms with E-state index in [-0.39, 0.29) is 5.91 Å². The second-order valence-corrected chi connectivity index (χ2v) is 10.7. The van der Waals surface area contributed by atoms with E-state index in [9.17, 15) is 4.79 Å². The molecule has 1 amide bonds. The van der Waals surface area contributed by atoms with Gasteiger partial charge in [-0.15, -0.1) is 0 Å². The monoisotopic (exact) mass is 724 g/mol. The van der Waals surface area contributed by atoms with Gasteiger partial charge in [0.15, 0.2) is 5.58 Å².